The molecule has 2 saturated heterocycles. The number of rotatable bonds is 25. The lowest BCUT2D eigenvalue weighted by Crippen LogP contribution is -2.65. The second-order valence-electron chi connectivity index (χ2n) is 13.4. The van der Waals surface area contributed by atoms with Crippen molar-refractivity contribution in [2.24, 2.45) is 0 Å². The van der Waals surface area contributed by atoms with E-state index >= 15 is 0 Å². The van der Waals surface area contributed by atoms with Crippen molar-refractivity contribution in [2.75, 3.05) is 19.8 Å². The van der Waals surface area contributed by atoms with Crippen molar-refractivity contribution >= 4 is 5.91 Å². The van der Waals surface area contributed by atoms with E-state index in [0.717, 1.165) is 25.7 Å². The molecule has 2 aliphatic rings. The number of unbranched alkanes of at least 4 members (excludes halogenated alkanes) is 10. The Morgan fingerprint density at radius 2 is 1.22 bits per heavy atom. The van der Waals surface area contributed by atoms with Gasteiger partial charge < -0.3 is 65.1 Å². The topological polar surface area (TPSA) is 228 Å². The smallest absolute Gasteiger partial charge is 0.217 e. The van der Waals surface area contributed by atoms with Crippen molar-refractivity contribution in [3.05, 3.63) is 36.5 Å². The lowest BCUT2D eigenvalue weighted by molar-refractivity contribution is -0.359. The highest BCUT2D eigenvalue weighted by molar-refractivity contribution is 5.73. The Bertz CT molecular complexity index is 1010. The molecule has 14 nitrogen and oxygen atoms in total. The molecule has 0 bridgehead atoms. The van der Waals surface area contributed by atoms with Crippen LogP contribution in [0.1, 0.15) is 97.3 Å². The van der Waals surface area contributed by atoms with E-state index in [1.807, 2.05) is 0 Å². The zero-order valence-corrected chi connectivity index (χ0v) is 30.3. The van der Waals surface area contributed by atoms with Crippen LogP contribution in [0.25, 0.3) is 0 Å². The highest BCUT2D eigenvalue weighted by Crippen LogP contribution is 2.29. The van der Waals surface area contributed by atoms with Gasteiger partial charge in [-0.05, 0) is 38.5 Å². The Kier molecular flexibility index (Phi) is 23.2. The van der Waals surface area contributed by atoms with E-state index in [9.17, 15) is 45.6 Å². The number of aliphatic hydroxyl groups is 8. The Morgan fingerprint density at radius 3 is 1.80 bits per heavy atom. The summed E-state index contributed by atoms with van der Waals surface area (Å²) in [5.74, 6) is -0.433. The van der Waals surface area contributed by atoms with E-state index in [0.29, 0.717) is 6.42 Å². The summed E-state index contributed by atoms with van der Waals surface area (Å²) in [6, 6.07) is -0.935. The molecule has 12 atom stereocenters. The van der Waals surface area contributed by atoms with Gasteiger partial charge in [-0.25, -0.2) is 0 Å². The molecular weight excluding hydrogens is 666 g/mol. The summed E-state index contributed by atoms with van der Waals surface area (Å²) in [5.41, 5.74) is 0. The first-order valence-corrected chi connectivity index (χ1v) is 18.7. The Morgan fingerprint density at radius 1 is 0.686 bits per heavy atom. The van der Waals surface area contributed by atoms with Gasteiger partial charge in [0.2, 0.25) is 5.91 Å². The van der Waals surface area contributed by atoms with Crippen LogP contribution in [-0.4, -0.2) is 140 Å². The molecule has 0 aliphatic carbocycles. The molecule has 0 spiro atoms. The Hall–Kier alpha value is -1.79. The minimum atomic E-state index is -1.79. The normalized spacial score (nSPS) is 31.5. The summed E-state index contributed by atoms with van der Waals surface area (Å²) in [7, 11) is 0. The first-order chi connectivity index (χ1) is 24.5. The standard InChI is InChI=1S/C37H65NO13/c1-3-4-5-6-7-8-9-10-11-12-13-14-15-16-17-18-19-20-21-27(42)26(38-25(2)41)24-48-36-34(47)32(45)35(29(23-40)50-36)51-37-33(46)31(44)30(43)28(22-39)49-37/h12-13,16-17,20-21,26-37,39-40,42-47H,3-11,14-15,18-19,22-24H2,1-2H3,(H,38,41)/b13-12+,17-16+,21-20+. The second-order valence-corrected chi connectivity index (χ2v) is 13.4. The number of amides is 1. The maximum absolute atomic E-state index is 11.8. The third-order valence-corrected chi connectivity index (χ3v) is 9.09. The highest BCUT2D eigenvalue weighted by Gasteiger charge is 2.50. The lowest BCUT2D eigenvalue weighted by atomic mass is 9.97. The van der Waals surface area contributed by atoms with Gasteiger partial charge in [-0.15, -0.1) is 0 Å². The molecule has 12 unspecified atom stereocenters. The minimum absolute atomic E-state index is 0.331. The Labute approximate surface area is 302 Å². The quantitative estimate of drug-likeness (QED) is 0.0477. The van der Waals surface area contributed by atoms with Crippen molar-refractivity contribution in [1.29, 1.82) is 0 Å². The first-order valence-electron chi connectivity index (χ1n) is 18.7. The van der Waals surface area contributed by atoms with Gasteiger partial charge in [-0.2, -0.15) is 0 Å². The predicted molar refractivity (Wildman–Crippen MR) is 189 cm³/mol. The average molecular weight is 732 g/mol. The van der Waals surface area contributed by atoms with Crippen LogP contribution in [0.5, 0.6) is 0 Å². The molecular formula is C37H65NO13. The molecule has 296 valence electrons. The number of aliphatic hydroxyl groups excluding tert-OH is 8. The van der Waals surface area contributed by atoms with Gasteiger partial charge in [-0.1, -0.05) is 88.3 Å². The van der Waals surface area contributed by atoms with Crippen LogP contribution in [0.4, 0.5) is 0 Å². The SMILES string of the molecule is CCCCCCCCCC/C=C/CC/C=C/CC/C=C/C(O)C(COC1OC(CO)C(OC2OC(CO)C(O)C(O)C2O)C(O)C1O)NC(C)=O. The van der Waals surface area contributed by atoms with Crippen LogP contribution >= 0.6 is 0 Å². The minimum Gasteiger partial charge on any atom is -0.394 e. The summed E-state index contributed by atoms with van der Waals surface area (Å²) in [5, 5.41) is 84.6. The second kappa shape index (κ2) is 26.1. The van der Waals surface area contributed by atoms with Crippen molar-refractivity contribution in [2.45, 2.75) is 171 Å². The van der Waals surface area contributed by atoms with Crippen LogP contribution in [0.3, 0.4) is 0 Å². The van der Waals surface area contributed by atoms with Crippen LogP contribution in [-0.2, 0) is 23.7 Å². The number of carbonyl (C=O) groups excluding carboxylic acids is 1. The van der Waals surface area contributed by atoms with Gasteiger partial charge >= 0.3 is 0 Å². The number of hydrogen-bond acceptors (Lipinski definition) is 13. The zero-order valence-electron chi connectivity index (χ0n) is 30.3. The highest BCUT2D eigenvalue weighted by atomic mass is 16.7. The van der Waals surface area contributed by atoms with Gasteiger partial charge in [0.15, 0.2) is 12.6 Å². The van der Waals surface area contributed by atoms with Crippen molar-refractivity contribution in [3.8, 4) is 0 Å². The summed E-state index contributed by atoms with van der Waals surface area (Å²) in [6.45, 7) is 1.75. The molecule has 0 radical (unpaired) electrons. The summed E-state index contributed by atoms with van der Waals surface area (Å²) < 4.78 is 22.1. The molecule has 0 saturated carbocycles. The number of hydrogen-bond donors (Lipinski definition) is 9. The Balaban J connectivity index is 1.75. The van der Waals surface area contributed by atoms with Gasteiger partial charge in [0.25, 0.3) is 0 Å². The maximum atomic E-state index is 11.8. The molecule has 14 heteroatoms. The fourth-order valence-corrected chi connectivity index (χ4v) is 6.00. The average Bonchev–Trinajstić information content (AvgIpc) is 3.11. The molecule has 9 N–H and O–H groups in total. The van der Waals surface area contributed by atoms with E-state index in [1.54, 1.807) is 12.2 Å². The molecule has 0 aromatic carbocycles. The predicted octanol–water partition coefficient (Wildman–Crippen LogP) is 1.25. The summed E-state index contributed by atoms with van der Waals surface area (Å²) in [4.78, 5) is 11.8. The van der Waals surface area contributed by atoms with Gasteiger partial charge in [-0.3, -0.25) is 4.79 Å². The largest absolute Gasteiger partial charge is 0.394 e. The van der Waals surface area contributed by atoms with Crippen molar-refractivity contribution in [1.82, 2.24) is 5.32 Å². The van der Waals surface area contributed by atoms with E-state index < -0.39 is 92.7 Å². The number of nitrogens with one attached hydrogen (secondary N) is 1. The van der Waals surface area contributed by atoms with E-state index in [2.05, 4.69) is 36.5 Å². The summed E-state index contributed by atoms with van der Waals surface area (Å²) >= 11 is 0. The molecule has 2 rings (SSSR count). The lowest BCUT2D eigenvalue weighted by Gasteiger charge is -2.46. The third kappa shape index (κ3) is 16.4. The third-order valence-electron chi connectivity index (χ3n) is 9.09. The molecule has 0 aromatic rings. The van der Waals surface area contributed by atoms with Gasteiger partial charge in [0.1, 0.15) is 48.8 Å². The van der Waals surface area contributed by atoms with Crippen molar-refractivity contribution in [3.63, 3.8) is 0 Å². The molecule has 2 heterocycles. The molecule has 1 amide bonds. The van der Waals surface area contributed by atoms with E-state index in [1.165, 1.54) is 58.3 Å². The fraction of sp³-hybridized carbons (Fsp3) is 0.811. The van der Waals surface area contributed by atoms with Crippen LogP contribution in [0.2, 0.25) is 0 Å². The van der Waals surface area contributed by atoms with E-state index in [-0.39, 0.29) is 6.61 Å². The van der Waals surface area contributed by atoms with Gasteiger partial charge in [0, 0.05) is 6.92 Å². The van der Waals surface area contributed by atoms with Crippen LogP contribution in [0.15, 0.2) is 36.5 Å². The maximum Gasteiger partial charge on any atom is 0.217 e. The van der Waals surface area contributed by atoms with Crippen LogP contribution in [0, 0.1) is 0 Å². The van der Waals surface area contributed by atoms with Gasteiger partial charge in [0.05, 0.1) is 32.0 Å². The number of allylic oxidation sites excluding steroid dienone is 5. The monoisotopic (exact) mass is 731 g/mol. The fourth-order valence-electron chi connectivity index (χ4n) is 6.00. The molecule has 0 aromatic heterocycles. The number of ether oxygens (including phenoxy) is 4. The molecule has 51 heavy (non-hydrogen) atoms. The molecule has 2 fully saturated rings. The summed E-state index contributed by atoms with van der Waals surface area (Å²) in [6.07, 6.45) is 10.2. The number of carbonyl (C=O) groups is 1. The molecule has 2 aliphatic heterocycles. The zero-order chi connectivity index (χ0) is 37.6. The first kappa shape index (κ1) is 45.4. The van der Waals surface area contributed by atoms with Crippen molar-refractivity contribution < 1.29 is 64.6 Å². The van der Waals surface area contributed by atoms with E-state index in [4.69, 9.17) is 18.9 Å². The van der Waals surface area contributed by atoms with Crippen LogP contribution < -0.4 is 5.32 Å².